The molecule has 2 N–H and O–H groups in total. The summed E-state index contributed by atoms with van der Waals surface area (Å²) in [6, 6.07) is 3.84. The smallest absolute Gasteiger partial charge is 0.216 e. The van der Waals surface area contributed by atoms with Crippen molar-refractivity contribution in [3.8, 4) is 6.07 Å². The van der Waals surface area contributed by atoms with Gasteiger partial charge in [0.1, 0.15) is 23.3 Å². The predicted molar refractivity (Wildman–Crippen MR) is 70.5 cm³/mol. The quantitative estimate of drug-likeness (QED) is 0.488. The number of hydrogen-bond donors (Lipinski definition) is 2. The first-order chi connectivity index (χ1) is 9.13. The molecule has 0 spiro atoms. The fourth-order valence-electron chi connectivity index (χ4n) is 1.23. The second kappa shape index (κ2) is 5.70. The van der Waals surface area contributed by atoms with Crippen molar-refractivity contribution in [2.24, 2.45) is 0 Å². The molecule has 0 saturated carbocycles. The lowest BCUT2D eigenvalue weighted by Gasteiger charge is -2.06. The van der Waals surface area contributed by atoms with Gasteiger partial charge in [0, 0.05) is 6.20 Å². The minimum atomic E-state index is -0.632. The lowest BCUT2D eigenvalue weighted by Crippen LogP contribution is -1.99. The van der Waals surface area contributed by atoms with Gasteiger partial charge in [-0.2, -0.15) is 10.5 Å². The van der Waals surface area contributed by atoms with Gasteiger partial charge < -0.3 is 5.32 Å². The van der Waals surface area contributed by atoms with E-state index in [1.807, 2.05) is 6.07 Å². The number of H-pyrrole nitrogens is 1. The van der Waals surface area contributed by atoms with Crippen molar-refractivity contribution >= 4 is 33.9 Å². The Morgan fingerprint density at radius 2 is 2.16 bits per heavy atom. The van der Waals surface area contributed by atoms with E-state index in [1.54, 1.807) is 22.6 Å². The van der Waals surface area contributed by atoms with E-state index in [0.717, 1.165) is 12.1 Å². The average Bonchev–Trinajstić information content (AvgIpc) is 2.92. The first kappa shape index (κ1) is 13.3. The molecule has 0 aliphatic carbocycles. The number of hydrogen-bond acceptors (Lipinski definition) is 5. The van der Waals surface area contributed by atoms with Crippen LogP contribution in [0.15, 0.2) is 18.3 Å². The zero-order valence-electron chi connectivity index (χ0n) is 9.15. The molecule has 0 atom stereocenters. The van der Waals surface area contributed by atoms with Gasteiger partial charge in [0.15, 0.2) is 0 Å². The number of benzene rings is 1. The van der Waals surface area contributed by atoms with Crippen LogP contribution >= 0.6 is 22.6 Å². The molecule has 9 heteroatoms. The molecule has 0 amide bonds. The molecular formula is C10H5F2IN6. The fourth-order valence-corrected chi connectivity index (χ4v) is 1.82. The third-order valence-electron chi connectivity index (χ3n) is 2.11. The molecular weight excluding hydrogens is 369 g/mol. The van der Waals surface area contributed by atoms with Crippen LogP contribution in [-0.4, -0.2) is 20.6 Å². The van der Waals surface area contributed by atoms with Crippen molar-refractivity contribution in [2.45, 2.75) is 0 Å². The van der Waals surface area contributed by atoms with Gasteiger partial charge >= 0.3 is 0 Å². The minimum absolute atomic E-state index is 0.0354. The Balaban J connectivity index is 2.32. The molecule has 0 bridgehead atoms. The molecule has 0 unspecified atom stereocenters. The number of allylic oxidation sites excluding steroid dienone is 1. The molecule has 0 aliphatic heterocycles. The first-order valence-electron chi connectivity index (χ1n) is 4.87. The maximum absolute atomic E-state index is 13.5. The van der Waals surface area contributed by atoms with Crippen LogP contribution in [-0.2, 0) is 0 Å². The van der Waals surface area contributed by atoms with Crippen molar-refractivity contribution in [1.82, 2.24) is 20.6 Å². The number of anilines is 1. The topological polar surface area (TPSA) is 90.3 Å². The van der Waals surface area contributed by atoms with Gasteiger partial charge in [-0.25, -0.2) is 8.78 Å². The summed E-state index contributed by atoms with van der Waals surface area (Å²) >= 11 is 1.66. The zero-order valence-corrected chi connectivity index (χ0v) is 11.3. The number of aromatic nitrogens is 4. The zero-order chi connectivity index (χ0) is 13.8. The van der Waals surface area contributed by atoms with E-state index in [9.17, 15) is 8.78 Å². The highest BCUT2D eigenvalue weighted by Gasteiger charge is 2.11. The van der Waals surface area contributed by atoms with Crippen molar-refractivity contribution in [1.29, 1.82) is 5.26 Å². The molecule has 0 fully saturated rings. The predicted octanol–water partition coefficient (Wildman–Crippen LogP) is 2.06. The van der Waals surface area contributed by atoms with E-state index in [0.29, 0.717) is 0 Å². The van der Waals surface area contributed by atoms with Gasteiger partial charge in [-0.3, -0.25) is 0 Å². The summed E-state index contributed by atoms with van der Waals surface area (Å²) in [6.45, 7) is 0. The molecule has 0 saturated heterocycles. The van der Waals surface area contributed by atoms with Crippen LogP contribution in [0.25, 0.3) is 5.57 Å². The van der Waals surface area contributed by atoms with Crippen LogP contribution in [0.3, 0.4) is 0 Å². The summed E-state index contributed by atoms with van der Waals surface area (Å²) in [4.78, 5) is 0. The summed E-state index contributed by atoms with van der Waals surface area (Å²) in [5.74, 6) is -1.13. The Kier molecular flexibility index (Phi) is 4.00. The summed E-state index contributed by atoms with van der Waals surface area (Å²) in [7, 11) is 0. The number of nitrogens with one attached hydrogen (secondary N) is 2. The number of halogens is 3. The highest BCUT2D eigenvalue weighted by atomic mass is 127. The van der Waals surface area contributed by atoms with E-state index < -0.39 is 11.6 Å². The molecule has 2 aromatic rings. The van der Waals surface area contributed by atoms with Gasteiger partial charge in [0.05, 0.1) is 9.26 Å². The number of nitriles is 1. The van der Waals surface area contributed by atoms with Gasteiger partial charge in [-0.15, -0.1) is 10.2 Å². The lowest BCUT2D eigenvalue weighted by molar-refractivity contribution is 0.597. The molecule has 1 aromatic carbocycles. The summed E-state index contributed by atoms with van der Waals surface area (Å²) < 4.78 is 26.9. The van der Waals surface area contributed by atoms with E-state index in [2.05, 4.69) is 25.9 Å². The maximum Gasteiger partial charge on any atom is 0.216 e. The van der Waals surface area contributed by atoms with Crippen molar-refractivity contribution in [2.75, 3.05) is 5.32 Å². The SMILES string of the molecule is N#CC(=CNc1c(F)ccc(F)c1I)c1nn[nH]n1. The molecule has 1 aromatic heterocycles. The molecule has 0 aliphatic rings. The molecule has 0 radical (unpaired) electrons. The Morgan fingerprint density at radius 1 is 1.42 bits per heavy atom. The standard InChI is InChI=1S/C10H5F2IN6/c11-6-1-2-7(12)9(8(6)13)15-4-5(3-14)10-16-18-19-17-10/h1-2,4,15H,(H,16,17,18,19). The van der Waals surface area contributed by atoms with E-state index in [-0.39, 0.29) is 20.7 Å². The largest absolute Gasteiger partial charge is 0.357 e. The summed E-state index contributed by atoms with van der Waals surface area (Å²) in [6.07, 6.45) is 1.19. The van der Waals surface area contributed by atoms with Gasteiger partial charge in [0.2, 0.25) is 5.82 Å². The van der Waals surface area contributed by atoms with Crippen LogP contribution in [0.2, 0.25) is 0 Å². The van der Waals surface area contributed by atoms with E-state index >= 15 is 0 Å². The average molecular weight is 374 g/mol. The van der Waals surface area contributed by atoms with Gasteiger partial charge in [0.25, 0.3) is 0 Å². The van der Waals surface area contributed by atoms with Crippen molar-refractivity contribution in [3.63, 3.8) is 0 Å². The van der Waals surface area contributed by atoms with Gasteiger partial charge in [-0.1, -0.05) is 0 Å². The van der Waals surface area contributed by atoms with Gasteiger partial charge in [-0.05, 0) is 39.9 Å². The number of nitrogens with zero attached hydrogens (tertiary/aromatic N) is 4. The van der Waals surface area contributed by atoms with Crippen LogP contribution in [0, 0.1) is 26.5 Å². The Hall–Kier alpha value is -2.09. The number of rotatable bonds is 3. The third-order valence-corrected chi connectivity index (χ3v) is 3.17. The fraction of sp³-hybridized carbons (Fsp3) is 0. The minimum Gasteiger partial charge on any atom is -0.357 e. The number of tetrazole rings is 1. The van der Waals surface area contributed by atoms with Crippen molar-refractivity contribution < 1.29 is 8.78 Å². The van der Waals surface area contributed by atoms with E-state index in [4.69, 9.17) is 5.26 Å². The summed E-state index contributed by atoms with van der Waals surface area (Å²) in [5.41, 5.74) is -0.0231. The molecule has 1 heterocycles. The molecule has 19 heavy (non-hydrogen) atoms. The van der Waals surface area contributed by atoms with Crippen LogP contribution in [0.1, 0.15) is 5.82 Å². The monoisotopic (exact) mass is 374 g/mol. The molecule has 2 rings (SSSR count). The lowest BCUT2D eigenvalue weighted by atomic mass is 10.2. The third kappa shape index (κ3) is 2.84. The van der Waals surface area contributed by atoms with Crippen LogP contribution < -0.4 is 5.32 Å². The Bertz CT molecular complexity index is 661. The highest BCUT2D eigenvalue weighted by Crippen LogP contribution is 2.25. The van der Waals surface area contributed by atoms with Crippen LogP contribution in [0.4, 0.5) is 14.5 Å². The summed E-state index contributed by atoms with van der Waals surface area (Å²) in [5, 5.41) is 24.2. The Labute approximate surface area is 119 Å². The van der Waals surface area contributed by atoms with Crippen LogP contribution in [0.5, 0.6) is 0 Å². The first-order valence-corrected chi connectivity index (χ1v) is 5.95. The molecule has 96 valence electrons. The normalized spacial score (nSPS) is 11.2. The maximum atomic E-state index is 13.5. The highest BCUT2D eigenvalue weighted by molar-refractivity contribution is 14.1. The van der Waals surface area contributed by atoms with E-state index in [1.165, 1.54) is 6.20 Å². The Morgan fingerprint density at radius 3 is 2.79 bits per heavy atom. The van der Waals surface area contributed by atoms with Crippen molar-refractivity contribution in [3.05, 3.63) is 39.4 Å². The second-order valence-electron chi connectivity index (χ2n) is 3.27. The molecule has 6 nitrogen and oxygen atoms in total. The second-order valence-corrected chi connectivity index (χ2v) is 4.35. The number of aromatic amines is 1.